The van der Waals surface area contributed by atoms with Crippen molar-refractivity contribution < 1.29 is 28.2 Å². The topological polar surface area (TPSA) is 92.1 Å². The van der Waals surface area contributed by atoms with E-state index < -0.39 is 26.1 Å². The van der Waals surface area contributed by atoms with Crippen molar-refractivity contribution in [1.29, 1.82) is 0 Å². The molecule has 0 spiro atoms. The first-order valence-corrected chi connectivity index (χ1v) is 21.0. The number of aromatic nitrogens is 2. The molecular formula is C42H55N3O6Si. The van der Waals surface area contributed by atoms with E-state index >= 15 is 0 Å². The Morgan fingerprint density at radius 1 is 0.962 bits per heavy atom. The van der Waals surface area contributed by atoms with Gasteiger partial charge in [-0.15, -0.1) is 0 Å². The number of pyridine rings is 1. The Hall–Kier alpha value is -4.41. The first kappa shape index (κ1) is 38.8. The number of rotatable bonds is 10. The highest BCUT2D eigenvalue weighted by molar-refractivity contribution is 6.74. The van der Waals surface area contributed by atoms with Crippen molar-refractivity contribution in [3.05, 3.63) is 101 Å². The Kier molecular flexibility index (Phi) is 11.4. The average molecular weight is 726 g/mol. The summed E-state index contributed by atoms with van der Waals surface area (Å²) in [7, 11) is -0.915. The summed E-state index contributed by atoms with van der Waals surface area (Å²) >= 11 is 0. The van der Waals surface area contributed by atoms with Gasteiger partial charge < -0.3 is 28.1 Å². The maximum absolute atomic E-state index is 13.9. The summed E-state index contributed by atoms with van der Waals surface area (Å²) in [5.41, 5.74) is 5.96. The van der Waals surface area contributed by atoms with E-state index in [1.54, 1.807) is 11.0 Å². The zero-order chi connectivity index (χ0) is 38.0. The summed E-state index contributed by atoms with van der Waals surface area (Å²) in [5.74, 6) is 1.26. The van der Waals surface area contributed by atoms with Gasteiger partial charge in [-0.25, -0.2) is 14.6 Å². The molecule has 0 saturated heterocycles. The zero-order valence-corrected chi connectivity index (χ0v) is 33.7. The lowest BCUT2D eigenvalue weighted by molar-refractivity contribution is 0.00490. The van der Waals surface area contributed by atoms with Crippen LogP contribution in [0.5, 0.6) is 5.75 Å². The SMILES string of the molecule is COC(=O)c1cccc(-c2ccc3c(c2)CCC(CN(C[C@H](O[Si](C)(C)C(C)(C)C)c2ccc(-n4c(C)ccc4C)nc2)C(=O)OC(C)(C)C)O3)c1. The average Bonchev–Trinajstić information content (AvgIpc) is 3.42. The summed E-state index contributed by atoms with van der Waals surface area (Å²) in [6.07, 6.45) is 2.29. The number of hydrogen-bond donors (Lipinski definition) is 0. The summed E-state index contributed by atoms with van der Waals surface area (Å²) in [6, 6.07) is 21.8. The molecule has 0 N–H and O–H groups in total. The lowest BCUT2D eigenvalue weighted by atomic mass is 9.96. The number of carbonyl (C=O) groups excluding carboxylic acids is 2. The van der Waals surface area contributed by atoms with E-state index in [1.807, 2.05) is 63.4 Å². The molecule has 2 aromatic heterocycles. The lowest BCUT2D eigenvalue weighted by Gasteiger charge is -2.41. The molecule has 4 aromatic rings. The molecule has 1 amide bonds. The number of amides is 1. The van der Waals surface area contributed by atoms with Crippen LogP contribution < -0.4 is 4.74 Å². The molecule has 0 aliphatic carbocycles. The molecule has 52 heavy (non-hydrogen) atoms. The zero-order valence-electron chi connectivity index (χ0n) is 32.7. The van der Waals surface area contributed by atoms with Crippen LogP contribution in [-0.2, 0) is 20.3 Å². The minimum absolute atomic E-state index is 0.0512. The summed E-state index contributed by atoms with van der Waals surface area (Å²) in [4.78, 5) is 32.7. The fraction of sp³-hybridized carbons (Fsp3) is 0.452. The lowest BCUT2D eigenvalue weighted by Crippen LogP contribution is -2.48. The molecule has 2 aromatic carbocycles. The molecule has 9 nitrogen and oxygen atoms in total. The molecule has 1 aliphatic heterocycles. The van der Waals surface area contributed by atoms with E-state index in [2.05, 4.69) is 76.5 Å². The van der Waals surface area contributed by atoms with Gasteiger partial charge in [0.15, 0.2) is 8.32 Å². The predicted molar refractivity (Wildman–Crippen MR) is 208 cm³/mol. The van der Waals surface area contributed by atoms with Crippen LogP contribution in [0.2, 0.25) is 18.1 Å². The van der Waals surface area contributed by atoms with Crippen molar-refractivity contribution in [1.82, 2.24) is 14.5 Å². The number of ether oxygens (including phenoxy) is 3. The molecule has 3 heterocycles. The fourth-order valence-electron chi connectivity index (χ4n) is 6.19. The van der Waals surface area contributed by atoms with Gasteiger partial charge in [0.2, 0.25) is 0 Å². The van der Waals surface area contributed by atoms with Gasteiger partial charge >= 0.3 is 12.1 Å². The van der Waals surface area contributed by atoms with Gasteiger partial charge in [0.1, 0.15) is 23.3 Å². The number of hydrogen-bond acceptors (Lipinski definition) is 7. The smallest absolute Gasteiger partial charge is 0.410 e. The summed E-state index contributed by atoms with van der Waals surface area (Å²) in [6.45, 7) is 21.5. The number of esters is 1. The molecule has 1 aliphatic rings. The monoisotopic (exact) mass is 725 g/mol. The molecule has 278 valence electrons. The number of benzene rings is 2. The van der Waals surface area contributed by atoms with Crippen LogP contribution in [0.15, 0.2) is 72.9 Å². The second-order valence-corrected chi connectivity index (χ2v) is 21.1. The third kappa shape index (κ3) is 9.14. The van der Waals surface area contributed by atoms with E-state index in [0.29, 0.717) is 12.1 Å². The molecule has 0 bridgehead atoms. The highest BCUT2D eigenvalue weighted by Crippen LogP contribution is 2.40. The van der Waals surface area contributed by atoms with Crippen LogP contribution in [0, 0.1) is 13.8 Å². The number of methoxy groups -OCH3 is 1. The van der Waals surface area contributed by atoms with E-state index in [4.69, 9.17) is 23.6 Å². The number of aryl methyl sites for hydroxylation is 3. The maximum atomic E-state index is 13.9. The van der Waals surface area contributed by atoms with Gasteiger partial charge in [-0.1, -0.05) is 45.0 Å². The van der Waals surface area contributed by atoms with Crippen LogP contribution in [0.3, 0.4) is 0 Å². The number of carbonyl (C=O) groups is 2. The van der Waals surface area contributed by atoms with Gasteiger partial charge in [-0.3, -0.25) is 0 Å². The molecule has 1 unspecified atom stereocenters. The molecule has 0 fully saturated rings. The summed E-state index contributed by atoms with van der Waals surface area (Å²) in [5, 5.41) is -0.0512. The largest absolute Gasteiger partial charge is 0.488 e. The Bertz CT molecular complexity index is 1870. The Morgan fingerprint density at radius 2 is 1.65 bits per heavy atom. The van der Waals surface area contributed by atoms with Gasteiger partial charge in [0.05, 0.1) is 31.9 Å². The van der Waals surface area contributed by atoms with Crippen molar-refractivity contribution in [2.24, 2.45) is 0 Å². The maximum Gasteiger partial charge on any atom is 0.410 e. The van der Waals surface area contributed by atoms with Gasteiger partial charge in [-0.05, 0) is 130 Å². The molecule has 5 rings (SSSR count). The van der Waals surface area contributed by atoms with Crippen molar-refractivity contribution in [2.75, 3.05) is 20.2 Å². The quantitative estimate of drug-likeness (QED) is 0.119. The van der Waals surface area contributed by atoms with Gasteiger partial charge in [0, 0.05) is 17.6 Å². The van der Waals surface area contributed by atoms with Gasteiger partial charge in [-0.2, -0.15) is 0 Å². The normalized spacial score (nSPS) is 15.3. The van der Waals surface area contributed by atoms with Crippen LogP contribution in [-0.4, -0.2) is 66.7 Å². The molecule has 10 heteroatoms. The van der Waals surface area contributed by atoms with Crippen molar-refractivity contribution in [2.45, 2.75) is 104 Å². The predicted octanol–water partition coefficient (Wildman–Crippen LogP) is 9.64. The summed E-state index contributed by atoms with van der Waals surface area (Å²) < 4.78 is 26.7. The first-order chi connectivity index (χ1) is 24.3. The van der Waals surface area contributed by atoms with E-state index in [-0.39, 0.29) is 23.7 Å². The number of fused-ring (bicyclic) bond motifs is 1. The Morgan fingerprint density at radius 3 is 2.27 bits per heavy atom. The molecule has 0 radical (unpaired) electrons. The minimum atomic E-state index is -2.30. The third-order valence-corrected chi connectivity index (χ3v) is 14.5. The van der Waals surface area contributed by atoms with E-state index in [9.17, 15) is 9.59 Å². The highest BCUT2D eigenvalue weighted by Gasteiger charge is 2.41. The second kappa shape index (κ2) is 15.3. The fourth-order valence-corrected chi connectivity index (χ4v) is 7.46. The van der Waals surface area contributed by atoms with Crippen molar-refractivity contribution in [3.63, 3.8) is 0 Å². The Balaban J connectivity index is 1.41. The third-order valence-electron chi connectivity index (χ3n) is 10.1. The van der Waals surface area contributed by atoms with Crippen LogP contribution >= 0.6 is 0 Å². The van der Waals surface area contributed by atoms with Crippen molar-refractivity contribution >= 4 is 20.4 Å². The molecule has 0 saturated carbocycles. The molecular weight excluding hydrogens is 671 g/mol. The van der Waals surface area contributed by atoms with Crippen LogP contribution in [0.4, 0.5) is 4.79 Å². The van der Waals surface area contributed by atoms with Crippen molar-refractivity contribution in [3.8, 4) is 22.7 Å². The van der Waals surface area contributed by atoms with Gasteiger partial charge in [0.25, 0.3) is 0 Å². The van der Waals surface area contributed by atoms with E-state index in [1.165, 1.54) is 7.11 Å². The van der Waals surface area contributed by atoms with Crippen LogP contribution in [0.1, 0.15) is 86.9 Å². The minimum Gasteiger partial charge on any atom is -0.488 e. The second-order valence-electron chi connectivity index (χ2n) is 16.3. The standard InChI is InChI=1S/C42H55N3O6Si/c1-28-15-16-29(2)45(28)38-22-19-34(25-43-38)37(51-52(10,11)42(6,7)8)27-44(40(47)50-41(3,4)5)26-35-20-17-32-23-31(18-21-36(32)49-35)30-13-12-14-33(24-30)39(46)48-9/h12-16,18-19,21-25,35,37H,17,20,26-27H2,1-11H3/t35?,37-/m0/s1. The van der Waals surface area contributed by atoms with Crippen LogP contribution in [0.25, 0.3) is 16.9 Å². The first-order valence-electron chi connectivity index (χ1n) is 18.1. The highest BCUT2D eigenvalue weighted by atomic mass is 28.4. The Labute approximate surface area is 310 Å². The van der Waals surface area contributed by atoms with E-state index in [0.717, 1.165) is 58.1 Å². The molecule has 2 atom stereocenters. The number of nitrogens with zero attached hydrogens (tertiary/aromatic N) is 3.